The van der Waals surface area contributed by atoms with Crippen molar-refractivity contribution in [3.63, 3.8) is 0 Å². The number of fused-ring (bicyclic) bond motifs is 3. The maximum Gasteiger partial charge on any atom is 0.0895 e. The van der Waals surface area contributed by atoms with Crippen LogP contribution in [0.2, 0.25) is 0 Å². The molecular formula is C22H27NO. The van der Waals surface area contributed by atoms with Crippen molar-refractivity contribution in [2.45, 2.75) is 51.2 Å². The molecule has 4 rings (SSSR count). The van der Waals surface area contributed by atoms with Crippen LogP contribution < -0.4 is 5.32 Å². The van der Waals surface area contributed by atoms with Crippen molar-refractivity contribution in [3.8, 4) is 0 Å². The number of nitrogens with one attached hydrogen (secondary N) is 1. The summed E-state index contributed by atoms with van der Waals surface area (Å²) in [5.74, 6) is 0.504. The number of hydrogen-bond acceptors (Lipinski definition) is 2. The van der Waals surface area contributed by atoms with Gasteiger partial charge in [0.15, 0.2) is 0 Å². The van der Waals surface area contributed by atoms with E-state index in [1.807, 2.05) is 0 Å². The molecule has 1 unspecified atom stereocenters. The zero-order chi connectivity index (χ0) is 16.7. The highest BCUT2D eigenvalue weighted by atomic mass is 16.5. The molecule has 1 fully saturated rings. The normalized spacial score (nSPS) is 26.2. The topological polar surface area (TPSA) is 21.3 Å². The fourth-order valence-electron chi connectivity index (χ4n) is 4.13. The highest BCUT2D eigenvalue weighted by Gasteiger charge is 2.40. The average Bonchev–Trinajstić information content (AvgIpc) is 2.60. The molecule has 0 aliphatic carbocycles. The van der Waals surface area contributed by atoms with Gasteiger partial charge in [-0.2, -0.15) is 0 Å². The number of anilines is 1. The lowest BCUT2D eigenvalue weighted by molar-refractivity contribution is -0.0382. The lowest BCUT2D eigenvalue weighted by atomic mass is 9.76. The first-order valence-corrected chi connectivity index (χ1v) is 9.11. The number of rotatable bonds is 1. The zero-order valence-corrected chi connectivity index (χ0v) is 14.9. The molecule has 2 aliphatic heterocycles. The summed E-state index contributed by atoms with van der Waals surface area (Å²) in [5.41, 5.74) is 5.49. The van der Waals surface area contributed by atoms with Crippen LogP contribution in [-0.2, 0) is 10.2 Å². The number of ether oxygens (including phenoxy) is 1. The zero-order valence-electron chi connectivity index (χ0n) is 14.9. The maximum absolute atomic E-state index is 6.29. The molecule has 2 aliphatic rings. The van der Waals surface area contributed by atoms with Gasteiger partial charge >= 0.3 is 0 Å². The van der Waals surface area contributed by atoms with Crippen LogP contribution in [0.1, 0.15) is 62.4 Å². The summed E-state index contributed by atoms with van der Waals surface area (Å²) < 4.78 is 6.29. The van der Waals surface area contributed by atoms with Gasteiger partial charge in [0.05, 0.1) is 12.1 Å². The van der Waals surface area contributed by atoms with Gasteiger partial charge in [0, 0.05) is 23.8 Å². The molecule has 0 aromatic heterocycles. The van der Waals surface area contributed by atoms with Gasteiger partial charge < -0.3 is 10.1 Å². The molecular weight excluding hydrogens is 294 g/mol. The predicted molar refractivity (Wildman–Crippen MR) is 99.4 cm³/mol. The van der Waals surface area contributed by atoms with Crippen LogP contribution in [0.4, 0.5) is 5.69 Å². The van der Waals surface area contributed by atoms with E-state index in [1.165, 1.54) is 28.8 Å². The van der Waals surface area contributed by atoms with Gasteiger partial charge in [-0.05, 0) is 35.4 Å². The summed E-state index contributed by atoms with van der Waals surface area (Å²) in [4.78, 5) is 0. The van der Waals surface area contributed by atoms with Gasteiger partial charge in [-0.1, -0.05) is 63.2 Å². The summed E-state index contributed by atoms with van der Waals surface area (Å²) in [6.45, 7) is 7.70. The molecule has 1 saturated heterocycles. The Balaban J connectivity index is 1.77. The minimum Gasteiger partial charge on any atom is -0.378 e. The molecule has 2 heteroatoms. The summed E-state index contributed by atoms with van der Waals surface area (Å²) in [6.07, 6.45) is 2.58. The third kappa shape index (κ3) is 2.73. The highest BCUT2D eigenvalue weighted by Crippen LogP contribution is 2.49. The van der Waals surface area contributed by atoms with Crippen molar-refractivity contribution >= 4 is 5.69 Å². The second-order valence-corrected chi connectivity index (χ2v) is 8.18. The first-order chi connectivity index (χ1) is 11.5. The smallest absolute Gasteiger partial charge is 0.0895 e. The highest BCUT2D eigenvalue weighted by molar-refractivity contribution is 5.59. The Bertz CT molecular complexity index is 716. The molecule has 2 aromatic carbocycles. The third-order valence-corrected chi connectivity index (χ3v) is 5.49. The first kappa shape index (κ1) is 15.7. The second kappa shape index (κ2) is 5.93. The van der Waals surface area contributed by atoms with E-state index in [-0.39, 0.29) is 11.5 Å². The summed E-state index contributed by atoms with van der Waals surface area (Å²) in [7, 11) is 0. The Morgan fingerprint density at radius 2 is 1.83 bits per heavy atom. The molecule has 3 atom stereocenters. The van der Waals surface area contributed by atoms with E-state index in [4.69, 9.17) is 4.74 Å². The van der Waals surface area contributed by atoms with E-state index < -0.39 is 0 Å². The minimum atomic E-state index is 0.162. The Hall–Kier alpha value is -1.80. The molecule has 0 bridgehead atoms. The lowest BCUT2D eigenvalue weighted by Gasteiger charge is -2.44. The van der Waals surface area contributed by atoms with Crippen molar-refractivity contribution in [1.29, 1.82) is 0 Å². The Kier molecular flexibility index (Phi) is 3.88. The van der Waals surface area contributed by atoms with Gasteiger partial charge in [0.2, 0.25) is 0 Å². The van der Waals surface area contributed by atoms with E-state index >= 15 is 0 Å². The standard InChI is InChI=1S/C22H27NO/c1-22(2,3)16-11-12-19-18(14-16)21-17(10-7-13-24-21)20(23-19)15-8-5-4-6-9-15/h4-6,8-9,11-12,14,17,20-21,23H,7,10,13H2,1-3H3/t17-,20-,21?/m0/s1. The van der Waals surface area contributed by atoms with Crippen molar-refractivity contribution < 1.29 is 4.74 Å². The maximum atomic E-state index is 6.29. The molecule has 24 heavy (non-hydrogen) atoms. The van der Waals surface area contributed by atoms with Crippen LogP contribution in [0, 0.1) is 5.92 Å². The molecule has 0 radical (unpaired) electrons. The molecule has 126 valence electrons. The Morgan fingerprint density at radius 3 is 2.58 bits per heavy atom. The minimum absolute atomic E-state index is 0.162. The third-order valence-electron chi connectivity index (χ3n) is 5.49. The number of benzene rings is 2. The molecule has 0 spiro atoms. The molecule has 0 amide bonds. The fraction of sp³-hybridized carbons (Fsp3) is 0.455. The Labute approximate surface area is 145 Å². The van der Waals surface area contributed by atoms with Crippen LogP contribution in [0.5, 0.6) is 0 Å². The largest absolute Gasteiger partial charge is 0.378 e. The SMILES string of the molecule is CC(C)(C)c1ccc2c(c1)C1OCCC[C@H]1[C@H](c1ccccc1)N2. The van der Waals surface area contributed by atoms with Crippen LogP contribution >= 0.6 is 0 Å². The van der Waals surface area contributed by atoms with Crippen LogP contribution in [0.25, 0.3) is 0 Å². The van der Waals surface area contributed by atoms with E-state index in [0.717, 1.165) is 13.0 Å². The fourth-order valence-corrected chi connectivity index (χ4v) is 4.13. The Morgan fingerprint density at radius 1 is 1.04 bits per heavy atom. The van der Waals surface area contributed by atoms with Gasteiger partial charge in [-0.3, -0.25) is 0 Å². The van der Waals surface area contributed by atoms with Gasteiger partial charge in [0.1, 0.15) is 0 Å². The van der Waals surface area contributed by atoms with Gasteiger partial charge in [-0.25, -0.2) is 0 Å². The molecule has 1 N–H and O–H groups in total. The molecule has 2 heterocycles. The summed E-state index contributed by atoms with van der Waals surface area (Å²) in [5, 5.41) is 3.81. The lowest BCUT2D eigenvalue weighted by Crippen LogP contribution is -2.36. The molecule has 2 nitrogen and oxygen atoms in total. The van der Waals surface area contributed by atoms with Crippen LogP contribution in [0.15, 0.2) is 48.5 Å². The van der Waals surface area contributed by atoms with Crippen molar-refractivity contribution in [2.75, 3.05) is 11.9 Å². The second-order valence-electron chi connectivity index (χ2n) is 8.18. The molecule has 2 aromatic rings. The van der Waals surface area contributed by atoms with E-state index in [9.17, 15) is 0 Å². The van der Waals surface area contributed by atoms with E-state index in [2.05, 4.69) is 74.6 Å². The number of hydrogen-bond donors (Lipinski definition) is 1. The van der Waals surface area contributed by atoms with Crippen LogP contribution in [0.3, 0.4) is 0 Å². The summed E-state index contributed by atoms with van der Waals surface area (Å²) >= 11 is 0. The predicted octanol–water partition coefficient (Wildman–Crippen LogP) is 5.62. The van der Waals surface area contributed by atoms with Crippen molar-refractivity contribution in [1.82, 2.24) is 0 Å². The van der Waals surface area contributed by atoms with Gasteiger partial charge in [0.25, 0.3) is 0 Å². The summed E-state index contributed by atoms with van der Waals surface area (Å²) in [6, 6.07) is 18.0. The van der Waals surface area contributed by atoms with E-state index in [0.29, 0.717) is 12.0 Å². The first-order valence-electron chi connectivity index (χ1n) is 9.11. The average molecular weight is 321 g/mol. The molecule has 0 saturated carbocycles. The van der Waals surface area contributed by atoms with Crippen molar-refractivity contribution in [2.24, 2.45) is 5.92 Å². The quantitative estimate of drug-likeness (QED) is 0.736. The van der Waals surface area contributed by atoms with E-state index in [1.54, 1.807) is 0 Å². The van der Waals surface area contributed by atoms with Crippen LogP contribution in [-0.4, -0.2) is 6.61 Å². The van der Waals surface area contributed by atoms with Crippen molar-refractivity contribution in [3.05, 3.63) is 65.2 Å². The van der Waals surface area contributed by atoms with Gasteiger partial charge in [-0.15, -0.1) is 0 Å². The monoisotopic (exact) mass is 321 g/mol.